The number of aromatic nitrogens is 4. The molecule has 0 fully saturated rings. The molecule has 1 heterocycles. The fraction of sp³-hybridized carbons (Fsp3) is 0.273. The number of tetrazole rings is 1. The number of nitrogens with one attached hydrogen (secondary N) is 1. The number of carboxylic acid groups (broad SMARTS) is 1. The average Bonchev–Trinajstić information content (AvgIpc) is 2.90. The molecule has 7 heteroatoms. The molecule has 18 heavy (non-hydrogen) atoms. The molecular weight excluding hydrogens is 236 g/mol. The summed E-state index contributed by atoms with van der Waals surface area (Å²) < 4.78 is 5.04. The maximum atomic E-state index is 11.2. The summed E-state index contributed by atoms with van der Waals surface area (Å²) in [5.41, 5.74) is 0.869. The van der Waals surface area contributed by atoms with E-state index in [4.69, 9.17) is 9.84 Å². The minimum absolute atomic E-state index is 0.179. The third-order valence-corrected chi connectivity index (χ3v) is 2.57. The van der Waals surface area contributed by atoms with Crippen molar-refractivity contribution in [2.75, 3.05) is 7.11 Å². The third-order valence-electron chi connectivity index (χ3n) is 2.57. The van der Waals surface area contributed by atoms with Crippen molar-refractivity contribution in [3.63, 3.8) is 0 Å². The van der Waals surface area contributed by atoms with Crippen LogP contribution in [0.4, 0.5) is 0 Å². The normalized spacial score (nSPS) is 12.1. The Balaban J connectivity index is 2.16. The maximum absolute atomic E-state index is 11.2. The highest BCUT2D eigenvalue weighted by Crippen LogP contribution is 2.19. The zero-order valence-corrected chi connectivity index (χ0v) is 9.70. The van der Waals surface area contributed by atoms with Gasteiger partial charge in [-0.2, -0.15) is 5.21 Å². The summed E-state index contributed by atoms with van der Waals surface area (Å²) in [5.74, 6) is -0.882. The van der Waals surface area contributed by atoms with E-state index in [9.17, 15) is 4.79 Å². The smallest absolute Gasteiger partial charge is 0.314 e. The molecule has 0 saturated carbocycles. The largest absolute Gasteiger partial charge is 0.497 e. The van der Waals surface area contributed by atoms with E-state index in [-0.39, 0.29) is 5.82 Å². The van der Waals surface area contributed by atoms with Gasteiger partial charge in [-0.3, -0.25) is 4.79 Å². The first kappa shape index (κ1) is 12.0. The van der Waals surface area contributed by atoms with Crippen LogP contribution in [0.3, 0.4) is 0 Å². The van der Waals surface area contributed by atoms with Crippen LogP contribution in [-0.4, -0.2) is 38.8 Å². The highest BCUT2D eigenvalue weighted by molar-refractivity contribution is 5.75. The Morgan fingerprint density at radius 1 is 1.44 bits per heavy atom. The minimum Gasteiger partial charge on any atom is -0.497 e. The molecule has 0 aliphatic rings. The lowest BCUT2D eigenvalue weighted by atomic mass is 9.99. The van der Waals surface area contributed by atoms with Gasteiger partial charge in [0, 0.05) is 0 Å². The van der Waals surface area contributed by atoms with Crippen LogP contribution in [0.1, 0.15) is 17.3 Å². The first-order valence-electron chi connectivity index (χ1n) is 5.30. The molecular formula is C11H12N4O3. The number of carboxylic acids is 1. The van der Waals surface area contributed by atoms with Crippen molar-refractivity contribution >= 4 is 5.97 Å². The molecule has 2 rings (SSSR count). The molecule has 0 aliphatic heterocycles. The molecule has 1 atom stereocenters. The number of ether oxygens (including phenoxy) is 1. The van der Waals surface area contributed by atoms with Crippen molar-refractivity contribution in [2.24, 2.45) is 0 Å². The predicted molar refractivity (Wildman–Crippen MR) is 61.3 cm³/mol. The second-order valence-corrected chi connectivity index (χ2v) is 3.71. The Hall–Kier alpha value is -2.44. The van der Waals surface area contributed by atoms with Gasteiger partial charge in [-0.1, -0.05) is 17.3 Å². The number of methoxy groups -OCH3 is 1. The maximum Gasteiger partial charge on any atom is 0.314 e. The second kappa shape index (κ2) is 5.26. The van der Waals surface area contributed by atoms with Crippen molar-refractivity contribution in [3.8, 4) is 5.75 Å². The number of hydrogen-bond donors (Lipinski definition) is 2. The van der Waals surface area contributed by atoms with Gasteiger partial charge in [0.25, 0.3) is 0 Å². The quantitative estimate of drug-likeness (QED) is 0.804. The summed E-state index contributed by atoms with van der Waals surface area (Å²) in [6, 6.07) is 7.19. The number of aromatic amines is 1. The molecule has 0 aliphatic carbocycles. The van der Waals surface area contributed by atoms with E-state index in [0.29, 0.717) is 6.42 Å². The van der Waals surface area contributed by atoms with Gasteiger partial charge in [0.15, 0.2) is 5.82 Å². The zero-order chi connectivity index (χ0) is 13.0. The second-order valence-electron chi connectivity index (χ2n) is 3.71. The van der Waals surface area contributed by atoms with Gasteiger partial charge in [0.2, 0.25) is 0 Å². The summed E-state index contributed by atoms with van der Waals surface area (Å²) in [4.78, 5) is 11.2. The molecule has 7 nitrogen and oxygen atoms in total. The van der Waals surface area contributed by atoms with Gasteiger partial charge in [-0.25, -0.2) is 0 Å². The van der Waals surface area contributed by atoms with Gasteiger partial charge in [-0.15, -0.1) is 10.2 Å². The zero-order valence-electron chi connectivity index (χ0n) is 9.70. The van der Waals surface area contributed by atoms with Gasteiger partial charge in [0.05, 0.1) is 7.11 Å². The number of aliphatic carboxylic acids is 1. The van der Waals surface area contributed by atoms with Crippen LogP contribution in [0.25, 0.3) is 0 Å². The number of nitrogens with zero attached hydrogens (tertiary/aromatic N) is 3. The van der Waals surface area contributed by atoms with Crippen LogP contribution in [0, 0.1) is 0 Å². The van der Waals surface area contributed by atoms with Crippen molar-refractivity contribution in [3.05, 3.63) is 35.7 Å². The Kier molecular flexibility index (Phi) is 3.52. The summed E-state index contributed by atoms with van der Waals surface area (Å²) in [6.07, 6.45) is 0.304. The fourth-order valence-electron chi connectivity index (χ4n) is 1.60. The predicted octanol–water partition coefficient (Wildman–Crippen LogP) is 0.619. The molecule has 1 aromatic heterocycles. The first-order valence-corrected chi connectivity index (χ1v) is 5.30. The summed E-state index contributed by atoms with van der Waals surface area (Å²) >= 11 is 0. The topological polar surface area (TPSA) is 101 Å². The number of hydrogen-bond acceptors (Lipinski definition) is 5. The summed E-state index contributed by atoms with van der Waals surface area (Å²) in [6.45, 7) is 0. The Labute approximate surface area is 103 Å². The monoisotopic (exact) mass is 248 g/mol. The van der Waals surface area contributed by atoms with Gasteiger partial charge >= 0.3 is 5.97 Å². The van der Waals surface area contributed by atoms with E-state index in [1.54, 1.807) is 19.2 Å². The summed E-state index contributed by atoms with van der Waals surface area (Å²) in [5, 5.41) is 22.2. The van der Waals surface area contributed by atoms with Crippen LogP contribution < -0.4 is 4.74 Å². The van der Waals surface area contributed by atoms with Crippen molar-refractivity contribution < 1.29 is 14.6 Å². The van der Waals surface area contributed by atoms with Crippen molar-refractivity contribution in [2.45, 2.75) is 12.3 Å². The van der Waals surface area contributed by atoms with Crippen LogP contribution in [0.15, 0.2) is 24.3 Å². The average molecular weight is 248 g/mol. The molecule has 0 saturated heterocycles. The number of H-pyrrole nitrogens is 1. The highest BCUT2D eigenvalue weighted by Gasteiger charge is 2.24. The highest BCUT2D eigenvalue weighted by atomic mass is 16.5. The van der Waals surface area contributed by atoms with E-state index in [2.05, 4.69) is 20.6 Å². The Morgan fingerprint density at radius 3 is 2.67 bits per heavy atom. The lowest BCUT2D eigenvalue weighted by Crippen LogP contribution is -2.16. The fourth-order valence-corrected chi connectivity index (χ4v) is 1.60. The SMILES string of the molecule is COc1ccc(C[C@@H](C(=O)O)c2nn[nH]n2)cc1. The van der Waals surface area contributed by atoms with E-state index in [0.717, 1.165) is 11.3 Å². The number of carbonyl (C=O) groups is 1. The molecule has 1 aromatic carbocycles. The van der Waals surface area contributed by atoms with Crippen LogP contribution in [-0.2, 0) is 11.2 Å². The van der Waals surface area contributed by atoms with Crippen molar-refractivity contribution in [1.29, 1.82) is 0 Å². The van der Waals surface area contributed by atoms with E-state index < -0.39 is 11.9 Å². The molecule has 94 valence electrons. The number of benzene rings is 1. The van der Waals surface area contributed by atoms with Gasteiger partial charge in [0.1, 0.15) is 11.7 Å². The summed E-state index contributed by atoms with van der Waals surface area (Å²) in [7, 11) is 1.58. The standard InChI is InChI=1S/C11H12N4O3/c1-18-8-4-2-7(3-5-8)6-9(11(16)17)10-12-14-15-13-10/h2-5,9H,6H2,1H3,(H,16,17)(H,12,13,14,15)/t9-/m1/s1. The van der Waals surface area contributed by atoms with Gasteiger partial charge < -0.3 is 9.84 Å². The molecule has 2 N–H and O–H groups in total. The van der Waals surface area contributed by atoms with E-state index in [1.807, 2.05) is 12.1 Å². The molecule has 0 bridgehead atoms. The van der Waals surface area contributed by atoms with Crippen LogP contribution in [0.2, 0.25) is 0 Å². The molecule has 0 radical (unpaired) electrons. The molecule has 2 aromatic rings. The molecule has 0 unspecified atom stereocenters. The Morgan fingerprint density at radius 2 is 2.17 bits per heavy atom. The van der Waals surface area contributed by atoms with E-state index >= 15 is 0 Å². The lowest BCUT2D eigenvalue weighted by molar-refractivity contribution is -0.139. The molecule has 0 spiro atoms. The molecule has 0 amide bonds. The minimum atomic E-state index is -0.979. The number of rotatable bonds is 5. The third kappa shape index (κ3) is 2.62. The van der Waals surface area contributed by atoms with E-state index in [1.165, 1.54) is 0 Å². The van der Waals surface area contributed by atoms with Crippen molar-refractivity contribution in [1.82, 2.24) is 20.6 Å². The van der Waals surface area contributed by atoms with Gasteiger partial charge in [-0.05, 0) is 24.1 Å². The first-order chi connectivity index (χ1) is 8.70. The van der Waals surface area contributed by atoms with Crippen LogP contribution >= 0.6 is 0 Å². The lowest BCUT2D eigenvalue weighted by Gasteiger charge is -2.08. The van der Waals surface area contributed by atoms with Crippen LogP contribution in [0.5, 0.6) is 5.75 Å². The Bertz CT molecular complexity index is 510.